The van der Waals surface area contributed by atoms with E-state index in [0.717, 1.165) is 44.3 Å². The number of aromatic nitrogens is 4. The lowest BCUT2D eigenvalue weighted by atomic mass is 9.96. The Balaban J connectivity index is 1.05. The van der Waals surface area contributed by atoms with Crippen molar-refractivity contribution in [3.05, 3.63) is 170 Å². The van der Waals surface area contributed by atoms with E-state index < -0.39 is 0 Å². The molecule has 0 atom stereocenters. The van der Waals surface area contributed by atoms with Gasteiger partial charge in [0.25, 0.3) is 0 Å². The number of fused-ring (bicyclic) bond motifs is 1. The van der Waals surface area contributed by atoms with E-state index in [1.807, 2.05) is 79.1 Å². The Kier molecular flexibility index (Phi) is 7.14. The van der Waals surface area contributed by atoms with Crippen LogP contribution in [0.5, 0.6) is 0 Å². The van der Waals surface area contributed by atoms with E-state index in [1.165, 1.54) is 16.5 Å². The summed E-state index contributed by atoms with van der Waals surface area (Å²) in [7, 11) is 0. The molecular weight excluding hydrogens is 560 g/mol. The van der Waals surface area contributed by atoms with Crippen LogP contribution in [0.15, 0.2) is 170 Å². The molecule has 0 aliphatic rings. The molecule has 0 radical (unpaired) electrons. The summed E-state index contributed by atoms with van der Waals surface area (Å²) in [6.45, 7) is 0. The van der Waals surface area contributed by atoms with Crippen LogP contribution in [-0.2, 0) is 0 Å². The molecular formula is C42H28N4. The molecule has 0 spiro atoms. The summed E-state index contributed by atoms with van der Waals surface area (Å²) >= 11 is 0. The van der Waals surface area contributed by atoms with Crippen molar-refractivity contribution in [3.8, 4) is 67.5 Å². The van der Waals surface area contributed by atoms with E-state index in [-0.39, 0.29) is 0 Å². The van der Waals surface area contributed by atoms with E-state index >= 15 is 0 Å². The first-order chi connectivity index (χ1) is 22.8. The minimum atomic E-state index is 0.650. The zero-order chi connectivity index (χ0) is 30.7. The molecule has 0 aliphatic heterocycles. The third-order valence-corrected chi connectivity index (χ3v) is 8.26. The summed E-state index contributed by atoms with van der Waals surface area (Å²) in [6, 6.07) is 54.4. The molecule has 0 fully saturated rings. The molecule has 2 aromatic heterocycles. The van der Waals surface area contributed by atoms with Crippen LogP contribution < -0.4 is 0 Å². The number of rotatable bonds is 6. The molecule has 2 heterocycles. The van der Waals surface area contributed by atoms with Crippen molar-refractivity contribution in [2.24, 2.45) is 0 Å². The minimum absolute atomic E-state index is 0.650. The highest BCUT2D eigenvalue weighted by atomic mass is 15.0. The number of hydrogen-bond acceptors (Lipinski definition) is 4. The van der Waals surface area contributed by atoms with Crippen LogP contribution in [0, 0.1) is 0 Å². The van der Waals surface area contributed by atoms with Gasteiger partial charge in [-0.3, -0.25) is 4.98 Å². The van der Waals surface area contributed by atoms with Gasteiger partial charge < -0.3 is 0 Å². The highest BCUT2D eigenvalue weighted by Gasteiger charge is 2.12. The molecule has 0 aliphatic carbocycles. The lowest BCUT2D eigenvalue weighted by Crippen LogP contribution is -2.00. The molecule has 0 saturated carbocycles. The molecule has 8 rings (SSSR count). The van der Waals surface area contributed by atoms with Crippen molar-refractivity contribution in [2.45, 2.75) is 0 Å². The quantitative estimate of drug-likeness (QED) is 0.194. The molecule has 0 amide bonds. The SMILES string of the molecule is c1ccc(-c2nc(-c3ccccc3)nc(-c3ccc(-c4ccc(-c5ccc(-c6cncc7ccccc67)cc5)cc4)cc3)n2)cc1. The van der Waals surface area contributed by atoms with Crippen LogP contribution in [0.3, 0.4) is 0 Å². The predicted molar refractivity (Wildman–Crippen MR) is 188 cm³/mol. The first kappa shape index (κ1) is 27.3. The van der Waals surface area contributed by atoms with Gasteiger partial charge in [-0.2, -0.15) is 0 Å². The van der Waals surface area contributed by atoms with Gasteiger partial charge in [0.1, 0.15) is 0 Å². The van der Waals surface area contributed by atoms with E-state index in [2.05, 4.69) is 96.0 Å². The fourth-order valence-corrected chi connectivity index (χ4v) is 5.79. The number of pyridine rings is 1. The number of nitrogens with zero attached hydrogens (tertiary/aromatic N) is 4. The number of hydrogen-bond donors (Lipinski definition) is 0. The van der Waals surface area contributed by atoms with Crippen LogP contribution in [0.1, 0.15) is 0 Å². The van der Waals surface area contributed by atoms with Gasteiger partial charge in [-0.05, 0) is 33.2 Å². The monoisotopic (exact) mass is 588 g/mol. The first-order valence-corrected chi connectivity index (χ1v) is 15.3. The molecule has 46 heavy (non-hydrogen) atoms. The highest BCUT2D eigenvalue weighted by Crippen LogP contribution is 2.32. The first-order valence-electron chi connectivity index (χ1n) is 15.3. The molecule has 4 nitrogen and oxygen atoms in total. The number of benzene rings is 6. The zero-order valence-corrected chi connectivity index (χ0v) is 25.0. The van der Waals surface area contributed by atoms with Gasteiger partial charge in [0.05, 0.1) is 0 Å². The minimum Gasteiger partial charge on any atom is -0.263 e. The second kappa shape index (κ2) is 12.0. The summed E-state index contributed by atoms with van der Waals surface area (Å²) in [4.78, 5) is 19.0. The Hall–Kier alpha value is -6.26. The summed E-state index contributed by atoms with van der Waals surface area (Å²) < 4.78 is 0. The van der Waals surface area contributed by atoms with E-state index in [9.17, 15) is 0 Å². The van der Waals surface area contributed by atoms with Crippen molar-refractivity contribution in [2.75, 3.05) is 0 Å². The standard InChI is InChI=1S/C42H28N4/c1-3-9-34(10-4-1)40-44-41(35-11-5-2-6-12-35)46-42(45-40)36-25-21-32(22-26-36)30-17-15-29(16-18-30)31-19-23-33(24-20-31)39-28-43-27-37-13-7-8-14-38(37)39/h1-28H. The van der Waals surface area contributed by atoms with Gasteiger partial charge >= 0.3 is 0 Å². The van der Waals surface area contributed by atoms with Crippen LogP contribution in [-0.4, -0.2) is 19.9 Å². The lowest BCUT2D eigenvalue weighted by Gasteiger charge is -2.10. The Bertz CT molecular complexity index is 2200. The molecule has 4 heteroatoms. The van der Waals surface area contributed by atoms with Gasteiger partial charge in [0, 0.05) is 40.0 Å². The Morgan fingerprint density at radius 2 is 0.652 bits per heavy atom. The normalized spacial score (nSPS) is 11.0. The van der Waals surface area contributed by atoms with Crippen molar-refractivity contribution in [1.82, 2.24) is 19.9 Å². The Morgan fingerprint density at radius 3 is 1.13 bits per heavy atom. The van der Waals surface area contributed by atoms with Crippen LogP contribution in [0.4, 0.5) is 0 Å². The average molecular weight is 589 g/mol. The van der Waals surface area contributed by atoms with E-state index in [4.69, 9.17) is 15.0 Å². The van der Waals surface area contributed by atoms with Gasteiger partial charge in [0.2, 0.25) is 0 Å². The fraction of sp³-hybridized carbons (Fsp3) is 0. The van der Waals surface area contributed by atoms with Crippen molar-refractivity contribution < 1.29 is 0 Å². The topological polar surface area (TPSA) is 51.6 Å². The van der Waals surface area contributed by atoms with Crippen LogP contribution >= 0.6 is 0 Å². The summed E-state index contributed by atoms with van der Waals surface area (Å²) in [5.74, 6) is 1.97. The second-order valence-electron chi connectivity index (χ2n) is 11.2. The third kappa shape index (κ3) is 5.44. The predicted octanol–water partition coefficient (Wildman–Crippen LogP) is 10.4. The Morgan fingerprint density at radius 1 is 0.283 bits per heavy atom. The lowest BCUT2D eigenvalue weighted by molar-refractivity contribution is 1.07. The largest absolute Gasteiger partial charge is 0.263 e. The smallest absolute Gasteiger partial charge is 0.164 e. The molecule has 0 unspecified atom stereocenters. The summed E-state index contributed by atoms with van der Waals surface area (Å²) in [6.07, 6.45) is 3.86. The van der Waals surface area contributed by atoms with Crippen molar-refractivity contribution in [3.63, 3.8) is 0 Å². The molecule has 0 N–H and O–H groups in total. The molecule has 8 aromatic rings. The van der Waals surface area contributed by atoms with Crippen molar-refractivity contribution in [1.29, 1.82) is 0 Å². The van der Waals surface area contributed by atoms with E-state index in [1.54, 1.807) is 0 Å². The Labute approximate surface area is 267 Å². The highest BCUT2D eigenvalue weighted by molar-refractivity contribution is 5.96. The molecule has 6 aromatic carbocycles. The third-order valence-electron chi connectivity index (χ3n) is 8.26. The molecule has 216 valence electrons. The second-order valence-corrected chi connectivity index (χ2v) is 11.2. The van der Waals surface area contributed by atoms with Gasteiger partial charge in [-0.1, -0.05) is 158 Å². The summed E-state index contributed by atoms with van der Waals surface area (Å²) in [5.41, 5.74) is 9.81. The fourth-order valence-electron chi connectivity index (χ4n) is 5.79. The molecule has 0 bridgehead atoms. The van der Waals surface area contributed by atoms with Crippen LogP contribution in [0.25, 0.3) is 78.3 Å². The van der Waals surface area contributed by atoms with Gasteiger partial charge in [0.15, 0.2) is 17.5 Å². The average Bonchev–Trinajstić information content (AvgIpc) is 3.15. The maximum Gasteiger partial charge on any atom is 0.164 e. The van der Waals surface area contributed by atoms with E-state index in [0.29, 0.717) is 17.5 Å². The van der Waals surface area contributed by atoms with Gasteiger partial charge in [-0.25, -0.2) is 15.0 Å². The maximum atomic E-state index is 4.86. The van der Waals surface area contributed by atoms with Crippen LogP contribution in [0.2, 0.25) is 0 Å². The van der Waals surface area contributed by atoms with Crippen molar-refractivity contribution >= 4 is 10.8 Å². The molecule has 0 saturated heterocycles. The zero-order valence-electron chi connectivity index (χ0n) is 25.0. The van der Waals surface area contributed by atoms with Gasteiger partial charge in [-0.15, -0.1) is 0 Å². The maximum absolute atomic E-state index is 4.86. The summed E-state index contributed by atoms with van der Waals surface area (Å²) in [5, 5.41) is 2.36.